The van der Waals surface area contributed by atoms with Crippen molar-refractivity contribution < 1.29 is 5.11 Å². The van der Waals surface area contributed by atoms with E-state index in [-0.39, 0.29) is 6.61 Å². The Labute approximate surface area is 108 Å². The van der Waals surface area contributed by atoms with Crippen molar-refractivity contribution >= 4 is 12.2 Å². The molecule has 17 heavy (non-hydrogen) atoms. The standard InChI is InChI=1S/C14H21NOS/c1-2-3-8-15-9-11-6-4-5-7-12(11)13(10-16)14(15)17/h9,16H,2-8,10H2,1H3. The van der Waals surface area contributed by atoms with E-state index in [1.807, 2.05) is 0 Å². The summed E-state index contributed by atoms with van der Waals surface area (Å²) in [4.78, 5) is 0. The number of unbranched alkanes of at least 4 members (excludes halogenated alkanes) is 1. The Kier molecular flexibility index (Phi) is 4.35. The first-order valence-electron chi connectivity index (χ1n) is 6.62. The number of aliphatic hydroxyl groups excluding tert-OH is 1. The van der Waals surface area contributed by atoms with Gasteiger partial charge >= 0.3 is 0 Å². The number of hydrogen-bond donors (Lipinski definition) is 1. The molecule has 0 spiro atoms. The first kappa shape index (κ1) is 12.8. The first-order valence-corrected chi connectivity index (χ1v) is 7.03. The molecule has 1 N–H and O–H groups in total. The highest BCUT2D eigenvalue weighted by Gasteiger charge is 2.15. The molecule has 0 unspecified atom stereocenters. The molecule has 2 rings (SSSR count). The van der Waals surface area contributed by atoms with E-state index in [4.69, 9.17) is 12.2 Å². The number of aromatic nitrogens is 1. The Balaban J connectivity index is 2.44. The van der Waals surface area contributed by atoms with Crippen LogP contribution in [0.2, 0.25) is 0 Å². The number of aliphatic hydroxyl groups is 1. The van der Waals surface area contributed by atoms with Gasteiger partial charge in [-0.15, -0.1) is 0 Å². The van der Waals surface area contributed by atoms with Gasteiger partial charge in [-0.3, -0.25) is 0 Å². The van der Waals surface area contributed by atoms with Gasteiger partial charge in [0.1, 0.15) is 4.64 Å². The van der Waals surface area contributed by atoms with E-state index in [2.05, 4.69) is 17.7 Å². The van der Waals surface area contributed by atoms with E-state index < -0.39 is 0 Å². The van der Waals surface area contributed by atoms with Gasteiger partial charge in [0.25, 0.3) is 0 Å². The Bertz CT molecular complexity index is 450. The molecular weight excluding hydrogens is 230 g/mol. The maximum Gasteiger partial charge on any atom is 0.111 e. The third-order valence-electron chi connectivity index (χ3n) is 3.62. The SMILES string of the molecule is CCCCn1cc2c(c(CO)c1=S)CCCC2. The predicted octanol–water partition coefficient (Wildman–Crippen LogP) is 3.39. The van der Waals surface area contributed by atoms with Crippen molar-refractivity contribution in [1.82, 2.24) is 4.57 Å². The number of hydrogen-bond acceptors (Lipinski definition) is 2. The van der Waals surface area contributed by atoms with Gasteiger partial charge < -0.3 is 9.67 Å². The van der Waals surface area contributed by atoms with Crippen molar-refractivity contribution in [2.24, 2.45) is 0 Å². The van der Waals surface area contributed by atoms with Gasteiger partial charge in [-0.2, -0.15) is 0 Å². The van der Waals surface area contributed by atoms with Gasteiger partial charge in [-0.25, -0.2) is 0 Å². The monoisotopic (exact) mass is 251 g/mol. The minimum absolute atomic E-state index is 0.0914. The van der Waals surface area contributed by atoms with Gasteiger partial charge in [0.15, 0.2) is 0 Å². The van der Waals surface area contributed by atoms with Crippen LogP contribution in [0.15, 0.2) is 6.20 Å². The summed E-state index contributed by atoms with van der Waals surface area (Å²) in [5, 5.41) is 9.54. The minimum Gasteiger partial charge on any atom is -0.392 e. The topological polar surface area (TPSA) is 25.2 Å². The van der Waals surface area contributed by atoms with Crippen LogP contribution >= 0.6 is 12.2 Å². The molecule has 3 heteroatoms. The average molecular weight is 251 g/mol. The van der Waals surface area contributed by atoms with Gasteiger partial charge in [0.05, 0.1) is 6.61 Å². The second-order valence-electron chi connectivity index (χ2n) is 4.83. The second kappa shape index (κ2) is 5.78. The molecule has 0 bridgehead atoms. The van der Waals surface area contributed by atoms with E-state index in [0.717, 1.165) is 36.0 Å². The molecule has 0 fully saturated rings. The van der Waals surface area contributed by atoms with Crippen LogP contribution in [0.5, 0.6) is 0 Å². The molecule has 0 atom stereocenters. The molecule has 1 aromatic heterocycles. The van der Waals surface area contributed by atoms with Crippen molar-refractivity contribution in [1.29, 1.82) is 0 Å². The highest BCUT2D eigenvalue weighted by atomic mass is 32.1. The summed E-state index contributed by atoms with van der Waals surface area (Å²) in [5.41, 5.74) is 3.75. The minimum atomic E-state index is 0.0914. The maximum absolute atomic E-state index is 9.54. The maximum atomic E-state index is 9.54. The van der Waals surface area contributed by atoms with Crippen molar-refractivity contribution in [3.05, 3.63) is 27.5 Å². The first-order chi connectivity index (χ1) is 8.27. The molecule has 0 saturated carbocycles. The predicted molar refractivity (Wildman–Crippen MR) is 72.7 cm³/mol. The van der Waals surface area contributed by atoms with E-state index in [0.29, 0.717) is 0 Å². The van der Waals surface area contributed by atoms with Crippen LogP contribution in [-0.4, -0.2) is 9.67 Å². The van der Waals surface area contributed by atoms with Crippen LogP contribution in [0.25, 0.3) is 0 Å². The number of rotatable bonds is 4. The number of nitrogens with zero attached hydrogens (tertiary/aromatic N) is 1. The molecule has 0 amide bonds. The van der Waals surface area contributed by atoms with Crippen LogP contribution in [0.1, 0.15) is 49.3 Å². The van der Waals surface area contributed by atoms with Crippen LogP contribution in [-0.2, 0) is 26.0 Å². The van der Waals surface area contributed by atoms with Gasteiger partial charge in [0, 0.05) is 18.3 Å². The Morgan fingerprint density at radius 3 is 2.82 bits per heavy atom. The lowest BCUT2D eigenvalue weighted by Crippen LogP contribution is -2.13. The summed E-state index contributed by atoms with van der Waals surface area (Å²) in [6.07, 6.45) is 9.28. The normalized spacial score (nSPS) is 14.7. The molecule has 2 nitrogen and oxygen atoms in total. The Morgan fingerprint density at radius 1 is 1.35 bits per heavy atom. The lowest BCUT2D eigenvalue weighted by atomic mass is 9.90. The van der Waals surface area contributed by atoms with Crippen molar-refractivity contribution in [2.75, 3.05) is 0 Å². The smallest absolute Gasteiger partial charge is 0.111 e. The third kappa shape index (κ3) is 2.61. The fourth-order valence-electron chi connectivity index (χ4n) is 2.62. The fraction of sp³-hybridized carbons (Fsp3) is 0.643. The van der Waals surface area contributed by atoms with Crippen LogP contribution in [0.4, 0.5) is 0 Å². The Hall–Kier alpha value is -0.670. The van der Waals surface area contributed by atoms with Crippen LogP contribution in [0, 0.1) is 4.64 Å². The van der Waals surface area contributed by atoms with E-state index in [1.165, 1.54) is 30.4 Å². The second-order valence-corrected chi connectivity index (χ2v) is 5.22. The lowest BCUT2D eigenvalue weighted by molar-refractivity contribution is 0.278. The number of fused-ring (bicyclic) bond motifs is 1. The van der Waals surface area contributed by atoms with Gasteiger partial charge in [0.2, 0.25) is 0 Å². The molecule has 0 aromatic carbocycles. The average Bonchev–Trinajstić information content (AvgIpc) is 2.36. The highest BCUT2D eigenvalue weighted by Crippen LogP contribution is 2.25. The third-order valence-corrected chi connectivity index (χ3v) is 4.10. The summed E-state index contributed by atoms with van der Waals surface area (Å²) in [6, 6.07) is 0. The molecule has 1 aliphatic carbocycles. The molecule has 1 heterocycles. The highest BCUT2D eigenvalue weighted by molar-refractivity contribution is 7.71. The number of pyridine rings is 1. The zero-order valence-electron chi connectivity index (χ0n) is 10.5. The van der Waals surface area contributed by atoms with Gasteiger partial charge in [-0.05, 0) is 43.2 Å². The molecule has 1 aliphatic rings. The largest absolute Gasteiger partial charge is 0.392 e. The van der Waals surface area contributed by atoms with Gasteiger partial charge in [-0.1, -0.05) is 25.6 Å². The van der Waals surface area contributed by atoms with Crippen LogP contribution in [0.3, 0.4) is 0 Å². The summed E-state index contributed by atoms with van der Waals surface area (Å²) < 4.78 is 3.01. The molecule has 0 radical (unpaired) electrons. The summed E-state index contributed by atoms with van der Waals surface area (Å²) in [6.45, 7) is 3.26. The summed E-state index contributed by atoms with van der Waals surface area (Å²) in [7, 11) is 0. The molecular formula is C14H21NOS. The summed E-state index contributed by atoms with van der Waals surface area (Å²) >= 11 is 5.49. The molecule has 0 aliphatic heterocycles. The fourth-order valence-corrected chi connectivity index (χ4v) is 2.95. The quantitative estimate of drug-likeness (QED) is 0.830. The Morgan fingerprint density at radius 2 is 2.12 bits per heavy atom. The molecule has 0 saturated heterocycles. The number of aryl methyl sites for hydroxylation is 2. The van der Waals surface area contributed by atoms with E-state index >= 15 is 0 Å². The van der Waals surface area contributed by atoms with Crippen LogP contribution < -0.4 is 0 Å². The lowest BCUT2D eigenvalue weighted by Gasteiger charge is -2.21. The van der Waals surface area contributed by atoms with Crippen molar-refractivity contribution in [3.63, 3.8) is 0 Å². The van der Waals surface area contributed by atoms with E-state index in [9.17, 15) is 5.11 Å². The van der Waals surface area contributed by atoms with Crippen molar-refractivity contribution in [3.8, 4) is 0 Å². The van der Waals surface area contributed by atoms with Crippen molar-refractivity contribution in [2.45, 2.75) is 58.6 Å². The zero-order valence-corrected chi connectivity index (χ0v) is 11.4. The summed E-state index contributed by atoms with van der Waals surface area (Å²) in [5.74, 6) is 0. The van der Waals surface area contributed by atoms with E-state index in [1.54, 1.807) is 0 Å². The zero-order chi connectivity index (χ0) is 12.3. The molecule has 1 aromatic rings. The molecule has 94 valence electrons.